The van der Waals surface area contributed by atoms with Gasteiger partial charge in [0.05, 0.1) is 26.4 Å². The number of hydrogen-bond acceptors (Lipinski definition) is 5. The van der Waals surface area contributed by atoms with Crippen LogP contribution in [0.2, 0.25) is 0 Å². The number of ether oxygens (including phenoxy) is 2. The van der Waals surface area contributed by atoms with E-state index in [4.69, 9.17) is 9.47 Å². The van der Waals surface area contributed by atoms with Crippen LogP contribution in [0.15, 0.2) is 30.3 Å². The second-order valence-corrected chi connectivity index (χ2v) is 6.46. The molecule has 1 amide bonds. The second-order valence-electron chi connectivity index (χ2n) is 6.46. The molecular formula is C19H28N2O4. The molecule has 1 aliphatic heterocycles. The smallest absolute Gasteiger partial charge is 0.328 e. The summed E-state index contributed by atoms with van der Waals surface area (Å²) in [5.74, 6) is -0.533. The van der Waals surface area contributed by atoms with E-state index in [9.17, 15) is 9.59 Å². The first-order valence-corrected chi connectivity index (χ1v) is 8.81. The lowest BCUT2D eigenvalue weighted by atomic mass is 9.99. The zero-order valence-electron chi connectivity index (χ0n) is 15.2. The standard InChI is InChI=1S/C19H28N2O4/c1-4-14(2)18(19(23)24-3)20-17(22)13-21-10-11-25-16(12-21)15-8-6-5-7-9-15/h5-9,14,16,18H,4,10-13H2,1-3H3,(H,20,22). The number of morpholine rings is 1. The maximum Gasteiger partial charge on any atom is 0.328 e. The van der Waals surface area contributed by atoms with Crippen molar-refractivity contribution >= 4 is 11.9 Å². The van der Waals surface area contributed by atoms with Crippen LogP contribution < -0.4 is 5.32 Å². The third-order valence-electron chi connectivity index (χ3n) is 4.67. The molecule has 1 aromatic rings. The highest BCUT2D eigenvalue weighted by Crippen LogP contribution is 2.21. The van der Waals surface area contributed by atoms with Crippen molar-refractivity contribution in [2.24, 2.45) is 5.92 Å². The van der Waals surface area contributed by atoms with E-state index in [0.29, 0.717) is 19.7 Å². The average molecular weight is 348 g/mol. The molecule has 2 rings (SSSR count). The Balaban J connectivity index is 1.91. The molecule has 6 heteroatoms. The summed E-state index contributed by atoms with van der Waals surface area (Å²) in [6.07, 6.45) is 0.752. The van der Waals surface area contributed by atoms with Gasteiger partial charge in [-0.15, -0.1) is 0 Å². The lowest BCUT2D eigenvalue weighted by Crippen LogP contribution is -2.50. The number of carbonyl (C=O) groups is 2. The zero-order chi connectivity index (χ0) is 18.2. The Morgan fingerprint density at radius 1 is 1.36 bits per heavy atom. The van der Waals surface area contributed by atoms with Gasteiger partial charge in [0.1, 0.15) is 6.04 Å². The van der Waals surface area contributed by atoms with E-state index in [2.05, 4.69) is 10.2 Å². The third-order valence-corrected chi connectivity index (χ3v) is 4.67. The molecule has 0 aromatic heterocycles. The number of esters is 1. The van der Waals surface area contributed by atoms with Crippen LogP contribution in [0, 0.1) is 5.92 Å². The molecule has 138 valence electrons. The molecule has 1 fully saturated rings. The van der Waals surface area contributed by atoms with Crippen LogP contribution in [0.3, 0.4) is 0 Å². The van der Waals surface area contributed by atoms with Crippen LogP contribution in [0.4, 0.5) is 0 Å². The number of amides is 1. The van der Waals surface area contributed by atoms with E-state index < -0.39 is 12.0 Å². The van der Waals surface area contributed by atoms with Crippen LogP contribution in [-0.2, 0) is 19.1 Å². The molecule has 0 radical (unpaired) electrons. The highest BCUT2D eigenvalue weighted by molar-refractivity contribution is 5.85. The van der Waals surface area contributed by atoms with Gasteiger partial charge in [0.25, 0.3) is 0 Å². The van der Waals surface area contributed by atoms with Gasteiger partial charge in [0, 0.05) is 13.1 Å². The summed E-state index contributed by atoms with van der Waals surface area (Å²) in [6, 6.07) is 9.40. The number of hydrogen-bond donors (Lipinski definition) is 1. The van der Waals surface area contributed by atoms with E-state index >= 15 is 0 Å². The quantitative estimate of drug-likeness (QED) is 0.761. The molecule has 1 aromatic carbocycles. The van der Waals surface area contributed by atoms with Gasteiger partial charge in [-0.05, 0) is 11.5 Å². The molecule has 3 unspecified atom stereocenters. The summed E-state index contributed by atoms with van der Waals surface area (Å²) in [7, 11) is 1.34. The number of carbonyl (C=O) groups excluding carboxylic acids is 2. The molecule has 1 saturated heterocycles. The highest BCUT2D eigenvalue weighted by Gasteiger charge is 2.28. The maximum absolute atomic E-state index is 12.4. The molecule has 0 spiro atoms. The zero-order valence-corrected chi connectivity index (χ0v) is 15.2. The molecule has 0 aliphatic carbocycles. The average Bonchev–Trinajstić information content (AvgIpc) is 2.65. The van der Waals surface area contributed by atoms with Gasteiger partial charge in [-0.25, -0.2) is 4.79 Å². The number of nitrogens with zero attached hydrogens (tertiary/aromatic N) is 1. The summed E-state index contributed by atoms with van der Waals surface area (Å²) in [5, 5.41) is 2.82. The largest absolute Gasteiger partial charge is 0.467 e. The minimum atomic E-state index is -0.603. The van der Waals surface area contributed by atoms with Crippen molar-refractivity contribution in [1.29, 1.82) is 0 Å². The van der Waals surface area contributed by atoms with Crippen molar-refractivity contribution < 1.29 is 19.1 Å². The molecule has 0 saturated carbocycles. The number of nitrogens with one attached hydrogen (secondary N) is 1. The van der Waals surface area contributed by atoms with E-state index in [1.165, 1.54) is 7.11 Å². The first-order valence-electron chi connectivity index (χ1n) is 8.81. The fourth-order valence-corrected chi connectivity index (χ4v) is 2.93. The SMILES string of the molecule is CCC(C)C(NC(=O)CN1CCOC(c2ccccc2)C1)C(=O)OC. The Hall–Kier alpha value is -1.92. The van der Waals surface area contributed by atoms with Crippen LogP contribution >= 0.6 is 0 Å². The van der Waals surface area contributed by atoms with E-state index in [0.717, 1.165) is 12.0 Å². The Morgan fingerprint density at radius 2 is 2.08 bits per heavy atom. The third kappa shape index (κ3) is 5.54. The van der Waals surface area contributed by atoms with Crippen molar-refractivity contribution in [3.63, 3.8) is 0 Å². The van der Waals surface area contributed by atoms with Crippen molar-refractivity contribution in [3.8, 4) is 0 Å². The minimum absolute atomic E-state index is 0.0261. The Bertz CT molecular complexity index is 564. The van der Waals surface area contributed by atoms with E-state index in [-0.39, 0.29) is 24.5 Å². The molecular weight excluding hydrogens is 320 g/mol. The second kappa shape index (κ2) is 9.53. The van der Waals surface area contributed by atoms with Crippen molar-refractivity contribution in [3.05, 3.63) is 35.9 Å². The summed E-state index contributed by atoms with van der Waals surface area (Å²) >= 11 is 0. The van der Waals surface area contributed by atoms with Gasteiger partial charge >= 0.3 is 5.97 Å². The fourth-order valence-electron chi connectivity index (χ4n) is 2.93. The molecule has 1 heterocycles. The minimum Gasteiger partial charge on any atom is -0.467 e. The lowest BCUT2D eigenvalue weighted by Gasteiger charge is -2.33. The Labute approximate surface area is 149 Å². The van der Waals surface area contributed by atoms with Crippen molar-refractivity contribution in [2.75, 3.05) is 33.4 Å². The summed E-state index contributed by atoms with van der Waals surface area (Å²) in [5.41, 5.74) is 1.11. The molecule has 6 nitrogen and oxygen atoms in total. The summed E-state index contributed by atoms with van der Waals surface area (Å²) < 4.78 is 10.6. The number of methoxy groups -OCH3 is 1. The number of rotatable bonds is 7. The molecule has 1 aliphatic rings. The molecule has 0 bridgehead atoms. The van der Waals surface area contributed by atoms with Gasteiger partial charge in [-0.2, -0.15) is 0 Å². The first-order chi connectivity index (χ1) is 12.0. The first kappa shape index (κ1) is 19.4. The van der Waals surface area contributed by atoms with Gasteiger partial charge in [-0.3, -0.25) is 9.69 Å². The summed E-state index contributed by atoms with van der Waals surface area (Å²) in [6.45, 7) is 6.10. The molecule has 3 atom stereocenters. The monoisotopic (exact) mass is 348 g/mol. The maximum atomic E-state index is 12.4. The van der Waals surface area contributed by atoms with Crippen LogP contribution in [0.5, 0.6) is 0 Å². The molecule has 25 heavy (non-hydrogen) atoms. The normalized spacial score (nSPS) is 20.5. The highest BCUT2D eigenvalue weighted by atomic mass is 16.5. The summed E-state index contributed by atoms with van der Waals surface area (Å²) in [4.78, 5) is 26.4. The predicted molar refractivity (Wildman–Crippen MR) is 95.0 cm³/mol. The van der Waals surface area contributed by atoms with Gasteiger partial charge in [0.2, 0.25) is 5.91 Å². The van der Waals surface area contributed by atoms with E-state index in [1.807, 2.05) is 44.2 Å². The predicted octanol–water partition coefficient (Wildman–Crippen LogP) is 1.76. The van der Waals surface area contributed by atoms with E-state index in [1.54, 1.807) is 0 Å². The lowest BCUT2D eigenvalue weighted by molar-refractivity contribution is -0.147. The van der Waals surface area contributed by atoms with Crippen LogP contribution in [0.25, 0.3) is 0 Å². The van der Waals surface area contributed by atoms with Gasteiger partial charge in [0.15, 0.2) is 0 Å². The molecule has 1 N–H and O–H groups in total. The van der Waals surface area contributed by atoms with Crippen molar-refractivity contribution in [1.82, 2.24) is 10.2 Å². The van der Waals surface area contributed by atoms with Gasteiger partial charge < -0.3 is 14.8 Å². The number of benzene rings is 1. The fraction of sp³-hybridized carbons (Fsp3) is 0.579. The Morgan fingerprint density at radius 3 is 2.72 bits per heavy atom. The van der Waals surface area contributed by atoms with Crippen molar-refractivity contribution in [2.45, 2.75) is 32.4 Å². The van der Waals surface area contributed by atoms with Gasteiger partial charge in [-0.1, -0.05) is 50.6 Å². The van der Waals surface area contributed by atoms with Crippen LogP contribution in [0.1, 0.15) is 31.9 Å². The topological polar surface area (TPSA) is 67.9 Å². The Kier molecular flexibility index (Phi) is 7.40. The van der Waals surface area contributed by atoms with Crippen LogP contribution in [-0.4, -0.2) is 56.2 Å².